The van der Waals surface area contributed by atoms with Crippen LogP contribution in [0.15, 0.2) is 30.3 Å². The summed E-state index contributed by atoms with van der Waals surface area (Å²) in [5.74, 6) is 1.10. The molecule has 25 heavy (non-hydrogen) atoms. The van der Waals surface area contributed by atoms with E-state index in [-0.39, 0.29) is 5.78 Å². The second-order valence-electron chi connectivity index (χ2n) is 6.73. The third-order valence-electron chi connectivity index (χ3n) is 5.23. The number of carbonyl (C=O) groups is 1. The Balaban J connectivity index is 1.59. The lowest BCUT2D eigenvalue weighted by atomic mass is 10.1. The molecule has 0 atom stereocenters. The molecular formula is C20H27N3O2. The lowest BCUT2D eigenvalue weighted by Gasteiger charge is -2.35. The van der Waals surface area contributed by atoms with Crippen LogP contribution in [0.4, 0.5) is 5.69 Å². The van der Waals surface area contributed by atoms with Crippen molar-refractivity contribution in [2.45, 2.75) is 13.8 Å². The highest BCUT2D eigenvalue weighted by atomic mass is 16.5. The molecule has 2 aromatic rings. The van der Waals surface area contributed by atoms with Crippen LogP contribution in [0.3, 0.4) is 0 Å². The van der Waals surface area contributed by atoms with Crippen LogP contribution in [-0.4, -0.2) is 55.1 Å². The second-order valence-corrected chi connectivity index (χ2v) is 6.73. The maximum Gasteiger partial charge on any atom is 0.178 e. The number of anilines is 1. The molecule has 0 aliphatic carbocycles. The average molecular weight is 341 g/mol. The molecule has 1 aromatic heterocycles. The van der Waals surface area contributed by atoms with Gasteiger partial charge in [-0.15, -0.1) is 0 Å². The van der Waals surface area contributed by atoms with Crippen LogP contribution in [0, 0.1) is 13.8 Å². The molecule has 5 nitrogen and oxygen atoms in total. The number of benzene rings is 1. The van der Waals surface area contributed by atoms with E-state index in [1.165, 1.54) is 5.69 Å². The monoisotopic (exact) mass is 341 g/mol. The van der Waals surface area contributed by atoms with Crippen molar-refractivity contribution in [3.8, 4) is 5.75 Å². The Kier molecular flexibility index (Phi) is 5.13. The van der Waals surface area contributed by atoms with E-state index in [1.54, 1.807) is 7.11 Å². The number of rotatable bonds is 5. The number of methoxy groups -OCH3 is 1. The molecular weight excluding hydrogens is 314 g/mol. The largest absolute Gasteiger partial charge is 0.497 e. The minimum Gasteiger partial charge on any atom is -0.497 e. The summed E-state index contributed by atoms with van der Waals surface area (Å²) in [4.78, 5) is 17.2. The minimum absolute atomic E-state index is 0.219. The molecule has 1 aromatic carbocycles. The molecule has 2 heterocycles. The second kappa shape index (κ2) is 7.31. The SMILES string of the molecule is COc1cccc(N2CCN(CC(=O)c3cc(C)n(C)c3C)CC2)c1. The normalized spacial score (nSPS) is 15.4. The van der Waals surface area contributed by atoms with Gasteiger partial charge in [0, 0.05) is 61.9 Å². The van der Waals surface area contributed by atoms with Crippen LogP contribution in [0.2, 0.25) is 0 Å². The highest BCUT2D eigenvalue weighted by Gasteiger charge is 2.22. The first kappa shape index (κ1) is 17.5. The number of nitrogens with zero attached hydrogens (tertiary/aromatic N) is 3. The standard InChI is InChI=1S/C20H27N3O2/c1-15-12-19(16(2)21(15)3)20(24)14-22-8-10-23(11-9-22)17-6-5-7-18(13-17)25-4/h5-7,12-13H,8-11,14H2,1-4H3. The molecule has 0 N–H and O–H groups in total. The number of hydrogen-bond donors (Lipinski definition) is 0. The molecule has 0 spiro atoms. The summed E-state index contributed by atoms with van der Waals surface area (Å²) < 4.78 is 7.38. The van der Waals surface area contributed by atoms with E-state index >= 15 is 0 Å². The molecule has 1 saturated heterocycles. The van der Waals surface area contributed by atoms with Crippen molar-refractivity contribution in [1.29, 1.82) is 0 Å². The summed E-state index contributed by atoms with van der Waals surface area (Å²) in [6.07, 6.45) is 0. The Bertz CT molecular complexity index is 758. The Morgan fingerprint density at radius 1 is 1.12 bits per heavy atom. The van der Waals surface area contributed by atoms with E-state index in [9.17, 15) is 4.79 Å². The van der Waals surface area contributed by atoms with Crippen LogP contribution in [0.25, 0.3) is 0 Å². The molecule has 1 fully saturated rings. The lowest BCUT2D eigenvalue weighted by Crippen LogP contribution is -2.48. The van der Waals surface area contributed by atoms with Crippen molar-refractivity contribution in [1.82, 2.24) is 9.47 Å². The topological polar surface area (TPSA) is 37.7 Å². The molecule has 1 aliphatic rings. The van der Waals surface area contributed by atoms with Crippen molar-refractivity contribution in [3.63, 3.8) is 0 Å². The van der Waals surface area contributed by atoms with Gasteiger partial charge in [0.15, 0.2) is 5.78 Å². The Labute approximate surface area is 149 Å². The third kappa shape index (κ3) is 3.71. The maximum atomic E-state index is 12.6. The smallest absolute Gasteiger partial charge is 0.178 e. The van der Waals surface area contributed by atoms with Crippen molar-refractivity contribution >= 4 is 11.5 Å². The first-order chi connectivity index (χ1) is 12.0. The van der Waals surface area contributed by atoms with Gasteiger partial charge in [0.25, 0.3) is 0 Å². The number of aryl methyl sites for hydroxylation is 1. The summed E-state index contributed by atoms with van der Waals surface area (Å²) in [6.45, 7) is 8.19. The minimum atomic E-state index is 0.219. The van der Waals surface area contributed by atoms with Gasteiger partial charge in [-0.05, 0) is 32.0 Å². The molecule has 0 amide bonds. The van der Waals surface area contributed by atoms with Gasteiger partial charge in [0.2, 0.25) is 0 Å². The number of aromatic nitrogens is 1. The van der Waals surface area contributed by atoms with Crippen molar-refractivity contribution in [3.05, 3.63) is 47.3 Å². The van der Waals surface area contributed by atoms with Crippen molar-refractivity contribution in [2.75, 3.05) is 44.7 Å². The van der Waals surface area contributed by atoms with E-state index in [2.05, 4.69) is 26.5 Å². The van der Waals surface area contributed by atoms with Gasteiger partial charge in [0.1, 0.15) is 5.75 Å². The maximum absolute atomic E-state index is 12.6. The third-order valence-corrected chi connectivity index (χ3v) is 5.23. The number of hydrogen-bond acceptors (Lipinski definition) is 4. The zero-order chi connectivity index (χ0) is 18.0. The predicted molar refractivity (Wildman–Crippen MR) is 101 cm³/mol. The quantitative estimate of drug-likeness (QED) is 0.784. The molecule has 3 rings (SSSR count). The molecule has 0 radical (unpaired) electrons. The van der Waals surface area contributed by atoms with Crippen molar-refractivity contribution in [2.24, 2.45) is 7.05 Å². The lowest BCUT2D eigenvalue weighted by molar-refractivity contribution is 0.0925. The first-order valence-corrected chi connectivity index (χ1v) is 8.77. The molecule has 134 valence electrons. The highest BCUT2D eigenvalue weighted by molar-refractivity contribution is 5.99. The number of piperazine rings is 1. The van der Waals surface area contributed by atoms with Gasteiger partial charge >= 0.3 is 0 Å². The summed E-state index contributed by atoms with van der Waals surface area (Å²) in [5, 5.41) is 0. The Hall–Kier alpha value is -2.27. The molecule has 0 bridgehead atoms. The highest BCUT2D eigenvalue weighted by Crippen LogP contribution is 2.22. The number of carbonyl (C=O) groups excluding carboxylic acids is 1. The fraction of sp³-hybridized carbons (Fsp3) is 0.450. The fourth-order valence-electron chi connectivity index (χ4n) is 3.40. The predicted octanol–water partition coefficient (Wildman–Crippen LogP) is 2.66. The summed E-state index contributed by atoms with van der Waals surface area (Å²) in [5.41, 5.74) is 4.22. The fourth-order valence-corrected chi connectivity index (χ4v) is 3.40. The number of ketones is 1. The van der Waals surface area contributed by atoms with Crippen molar-refractivity contribution < 1.29 is 9.53 Å². The van der Waals surface area contributed by atoms with Crippen LogP contribution < -0.4 is 9.64 Å². The number of Topliss-reactive ketones (excluding diaryl/α,β-unsaturated/α-hetero) is 1. The van der Waals surface area contributed by atoms with Gasteiger partial charge in [0.05, 0.1) is 13.7 Å². The van der Waals surface area contributed by atoms with Crippen LogP contribution >= 0.6 is 0 Å². The first-order valence-electron chi connectivity index (χ1n) is 8.77. The molecule has 0 unspecified atom stereocenters. The van der Waals surface area contributed by atoms with Crippen LogP contribution in [0.5, 0.6) is 5.75 Å². The van der Waals surface area contributed by atoms with Gasteiger partial charge in [-0.25, -0.2) is 0 Å². The zero-order valence-corrected chi connectivity index (χ0v) is 15.6. The Morgan fingerprint density at radius 3 is 2.44 bits per heavy atom. The van der Waals surface area contributed by atoms with Gasteiger partial charge < -0.3 is 14.2 Å². The number of ether oxygens (including phenoxy) is 1. The molecule has 5 heteroatoms. The van der Waals surface area contributed by atoms with E-state index < -0.39 is 0 Å². The summed E-state index contributed by atoms with van der Waals surface area (Å²) in [6, 6.07) is 10.2. The van der Waals surface area contributed by atoms with Crippen LogP contribution in [0.1, 0.15) is 21.7 Å². The average Bonchev–Trinajstić information content (AvgIpc) is 2.90. The molecule has 1 aliphatic heterocycles. The van der Waals surface area contributed by atoms with Crippen LogP contribution in [-0.2, 0) is 7.05 Å². The van der Waals surface area contributed by atoms with Gasteiger partial charge in [-0.3, -0.25) is 9.69 Å². The van der Waals surface area contributed by atoms with E-state index in [0.29, 0.717) is 6.54 Å². The Morgan fingerprint density at radius 2 is 1.84 bits per heavy atom. The van der Waals surface area contributed by atoms with E-state index in [4.69, 9.17) is 4.74 Å². The van der Waals surface area contributed by atoms with E-state index in [0.717, 1.165) is 48.9 Å². The zero-order valence-electron chi connectivity index (χ0n) is 15.6. The van der Waals surface area contributed by atoms with E-state index in [1.807, 2.05) is 39.1 Å². The summed E-state index contributed by atoms with van der Waals surface area (Å²) >= 11 is 0. The summed E-state index contributed by atoms with van der Waals surface area (Å²) in [7, 11) is 3.70. The van der Waals surface area contributed by atoms with Gasteiger partial charge in [-0.2, -0.15) is 0 Å². The molecule has 0 saturated carbocycles. The van der Waals surface area contributed by atoms with Gasteiger partial charge in [-0.1, -0.05) is 6.07 Å².